The fraction of sp³-hybridized carbons (Fsp3) is 1.00. The number of hydrogen-bond acceptors (Lipinski definition) is 4. The molecule has 74 valence electrons. The van der Waals surface area contributed by atoms with Gasteiger partial charge in [-0.3, -0.25) is 4.55 Å². The van der Waals surface area contributed by atoms with Crippen LogP contribution in [0.15, 0.2) is 0 Å². The van der Waals surface area contributed by atoms with Crippen LogP contribution in [-0.4, -0.2) is 36.0 Å². The fourth-order valence-electron chi connectivity index (χ4n) is 0.810. The van der Waals surface area contributed by atoms with Gasteiger partial charge in [0.25, 0.3) is 10.1 Å². The van der Waals surface area contributed by atoms with Gasteiger partial charge in [0.05, 0.1) is 6.10 Å². The molecule has 0 heterocycles. The molecule has 4 N–H and O–H groups in total. The molecule has 0 aromatic heterocycles. The molecule has 0 aliphatic rings. The third-order valence-electron chi connectivity index (χ3n) is 1.69. The Morgan fingerprint density at radius 1 is 1.50 bits per heavy atom. The van der Waals surface area contributed by atoms with Crippen molar-refractivity contribution in [2.24, 2.45) is 5.73 Å². The molecule has 0 fully saturated rings. The second kappa shape index (κ2) is 4.76. The summed E-state index contributed by atoms with van der Waals surface area (Å²) in [5.74, 6) is 0. The SMILES string of the molecule is CCC(O)CC(CN)S(=O)(=O)O. The molecule has 0 spiro atoms. The highest BCUT2D eigenvalue weighted by molar-refractivity contribution is 7.86. The summed E-state index contributed by atoms with van der Waals surface area (Å²) in [7, 11) is -4.11. The first-order valence-corrected chi connectivity index (χ1v) is 5.26. The lowest BCUT2D eigenvalue weighted by Crippen LogP contribution is -2.32. The molecular formula is C6H15NO4S. The monoisotopic (exact) mass is 197 g/mol. The summed E-state index contributed by atoms with van der Waals surface area (Å²) in [6.07, 6.45) is -0.279. The van der Waals surface area contributed by atoms with E-state index in [4.69, 9.17) is 15.4 Å². The van der Waals surface area contributed by atoms with Crippen molar-refractivity contribution >= 4 is 10.1 Å². The second-order valence-corrected chi connectivity index (χ2v) is 4.37. The van der Waals surface area contributed by atoms with Crippen molar-refractivity contribution in [3.05, 3.63) is 0 Å². The molecule has 0 aromatic rings. The van der Waals surface area contributed by atoms with Gasteiger partial charge in [-0.15, -0.1) is 0 Å². The Balaban J connectivity index is 4.20. The molecule has 2 atom stereocenters. The van der Waals surface area contributed by atoms with E-state index in [9.17, 15) is 8.42 Å². The smallest absolute Gasteiger partial charge is 0.269 e. The molecule has 0 aliphatic carbocycles. The Labute approximate surface area is 72.3 Å². The summed E-state index contributed by atoms with van der Waals surface area (Å²) in [4.78, 5) is 0. The largest absolute Gasteiger partial charge is 0.393 e. The summed E-state index contributed by atoms with van der Waals surface area (Å²) in [6.45, 7) is 1.55. The highest BCUT2D eigenvalue weighted by atomic mass is 32.2. The minimum absolute atomic E-state index is 0.00810. The number of aliphatic hydroxyl groups is 1. The average molecular weight is 197 g/mol. The molecule has 5 nitrogen and oxygen atoms in total. The molecule has 0 bridgehead atoms. The standard InChI is InChI=1S/C6H15NO4S/c1-2-5(8)3-6(4-7)12(9,10)11/h5-6,8H,2-4,7H2,1H3,(H,9,10,11). The van der Waals surface area contributed by atoms with E-state index in [0.29, 0.717) is 6.42 Å². The van der Waals surface area contributed by atoms with Crippen LogP contribution in [0.5, 0.6) is 0 Å². The predicted octanol–water partition coefficient (Wildman–Crippen LogP) is -0.637. The lowest BCUT2D eigenvalue weighted by molar-refractivity contribution is 0.158. The van der Waals surface area contributed by atoms with Gasteiger partial charge in [0.2, 0.25) is 0 Å². The minimum atomic E-state index is -4.11. The zero-order valence-corrected chi connectivity index (χ0v) is 7.79. The van der Waals surface area contributed by atoms with Crippen molar-refractivity contribution in [3.8, 4) is 0 Å². The summed E-state index contributed by atoms with van der Waals surface area (Å²) in [5, 5.41) is 8.04. The van der Waals surface area contributed by atoms with Crippen LogP contribution < -0.4 is 5.73 Å². The van der Waals surface area contributed by atoms with E-state index in [2.05, 4.69) is 0 Å². The van der Waals surface area contributed by atoms with Gasteiger partial charge in [0.15, 0.2) is 0 Å². The molecule has 0 aromatic carbocycles. The lowest BCUT2D eigenvalue weighted by atomic mass is 10.1. The molecule has 0 aliphatic heterocycles. The summed E-state index contributed by atoms with van der Waals surface area (Å²) >= 11 is 0. The molecule has 2 unspecified atom stereocenters. The first-order chi connectivity index (χ1) is 5.41. The van der Waals surface area contributed by atoms with Crippen LogP contribution in [0.25, 0.3) is 0 Å². The summed E-state index contributed by atoms with van der Waals surface area (Å²) < 4.78 is 29.8. The average Bonchev–Trinajstić information content (AvgIpc) is 1.97. The van der Waals surface area contributed by atoms with E-state index in [-0.39, 0.29) is 13.0 Å². The van der Waals surface area contributed by atoms with E-state index < -0.39 is 21.5 Å². The molecule has 12 heavy (non-hydrogen) atoms. The van der Waals surface area contributed by atoms with Crippen molar-refractivity contribution in [1.82, 2.24) is 0 Å². The van der Waals surface area contributed by atoms with Crippen molar-refractivity contribution in [2.75, 3.05) is 6.54 Å². The minimum Gasteiger partial charge on any atom is -0.393 e. The molecule has 0 amide bonds. The number of nitrogens with two attached hydrogens (primary N) is 1. The molecule has 0 saturated carbocycles. The lowest BCUT2D eigenvalue weighted by Gasteiger charge is -2.14. The normalized spacial score (nSPS) is 17.3. The maximum Gasteiger partial charge on any atom is 0.269 e. The third-order valence-corrected chi connectivity index (χ3v) is 2.92. The van der Waals surface area contributed by atoms with Crippen LogP contribution in [0, 0.1) is 0 Å². The number of hydrogen-bond donors (Lipinski definition) is 3. The molecule has 0 radical (unpaired) electrons. The van der Waals surface area contributed by atoms with Crippen LogP contribution in [-0.2, 0) is 10.1 Å². The molecular weight excluding hydrogens is 182 g/mol. The van der Waals surface area contributed by atoms with Gasteiger partial charge < -0.3 is 10.8 Å². The Kier molecular flexibility index (Phi) is 4.69. The van der Waals surface area contributed by atoms with Gasteiger partial charge in [-0.2, -0.15) is 8.42 Å². The van der Waals surface area contributed by atoms with Crippen LogP contribution in [0.2, 0.25) is 0 Å². The van der Waals surface area contributed by atoms with Crippen molar-refractivity contribution < 1.29 is 18.1 Å². The van der Waals surface area contributed by atoms with Gasteiger partial charge in [0.1, 0.15) is 5.25 Å². The summed E-state index contributed by atoms with van der Waals surface area (Å²) in [5.41, 5.74) is 5.11. The van der Waals surface area contributed by atoms with Crippen LogP contribution >= 0.6 is 0 Å². The predicted molar refractivity (Wildman–Crippen MR) is 45.3 cm³/mol. The van der Waals surface area contributed by atoms with E-state index in [1.165, 1.54) is 0 Å². The second-order valence-electron chi connectivity index (χ2n) is 2.67. The number of rotatable bonds is 5. The van der Waals surface area contributed by atoms with E-state index in [1.54, 1.807) is 6.92 Å². The first-order valence-electron chi connectivity index (χ1n) is 3.76. The van der Waals surface area contributed by atoms with Crippen LogP contribution in [0.4, 0.5) is 0 Å². The third kappa shape index (κ3) is 4.01. The molecule has 6 heteroatoms. The van der Waals surface area contributed by atoms with Crippen molar-refractivity contribution in [2.45, 2.75) is 31.1 Å². The molecule has 0 saturated heterocycles. The number of aliphatic hydroxyl groups excluding tert-OH is 1. The zero-order valence-electron chi connectivity index (χ0n) is 6.97. The van der Waals surface area contributed by atoms with Crippen LogP contribution in [0.3, 0.4) is 0 Å². The first kappa shape index (κ1) is 11.8. The van der Waals surface area contributed by atoms with Gasteiger partial charge in [-0.1, -0.05) is 6.92 Å². The maximum absolute atomic E-state index is 10.6. The highest BCUT2D eigenvalue weighted by Crippen LogP contribution is 2.08. The maximum atomic E-state index is 10.6. The van der Waals surface area contributed by atoms with Gasteiger partial charge in [-0.05, 0) is 12.8 Å². The Hall–Kier alpha value is -0.170. The highest BCUT2D eigenvalue weighted by Gasteiger charge is 2.23. The van der Waals surface area contributed by atoms with Crippen molar-refractivity contribution in [1.29, 1.82) is 0 Å². The fourth-order valence-corrected chi connectivity index (χ4v) is 1.52. The van der Waals surface area contributed by atoms with E-state index in [1.807, 2.05) is 0 Å². The topological polar surface area (TPSA) is 101 Å². The van der Waals surface area contributed by atoms with Crippen LogP contribution in [0.1, 0.15) is 19.8 Å². The van der Waals surface area contributed by atoms with Crippen molar-refractivity contribution in [3.63, 3.8) is 0 Å². The van der Waals surface area contributed by atoms with Gasteiger partial charge in [-0.25, -0.2) is 0 Å². The zero-order chi connectivity index (χ0) is 9.78. The Morgan fingerprint density at radius 3 is 2.25 bits per heavy atom. The van der Waals surface area contributed by atoms with E-state index in [0.717, 1.165) is 0 Å². The van der Waals surface area contributed by atoms with E-state index >= 15 is 0 Å². The summed E-state index contributed by atoms with van der Waals surface area (Å²) in [6, 6.07) is 0. The Morgan fingerprint density at radius 2 is 2.00 bits per heavy atom. The Bertz CT molecular complexity index is 214. The van der Waals surface area contributed by atoms with Gasteiger partial charge in [0, 0.05) is 6.54 Å². The quantitative estimate of drug-likeness (QED) is 0.509. The molecule has 0 rings (SSSR count). The van der Waals surface area contributed by atoms with Gasteiger partial charge >= 0.3 is 0 Å².